The summed E-state index contributed by atoms with van der Waals surface area (Å²) in [5.74, 6) is 0.570. The SMILES string of the molecule is CC(C)(C)c1cccc(-c2ncco2)n1. The van der Waals surface area contributed by atoms with E-state index in [9.17, 15) is 0 Å². The van der Waals surface area contributed by atoms with E-state index in [1.165, 1.54) is 0 Å². The summed E-state index contributed by atoms with van der Waals surface area (Å²) in [4.78, 5) is 8.61. The Labute approximate surface area is 89.2 Å². The molecule has 0 spiro atoms. The molecule has 0 aromatic carbocycles. The van der Waals surface area contributed by atoms with E-state index in [2.05, 4.69) is 30.7 Å². The third-order valence-corrected chi connectivity index (χ3v) is 2.17. The van der Waals surface area contributed by atoms with Crippen LogP contribution < -0.4 is 0 Å². The second-order valence-electron chi connectivity index (χ2n) is 4.50. The highest BCUT2D eigenvalue weighted by Gasteiger charge is 2.16. The van der Waals surface area contributed by atoms with Crippen LogP contribution in [0.3, 0.4) is 0 Å². The van der Waals surface area contributed by atoms with Crippen molar-refractivity contribution in [3.05, 3.63) is 36.4 Å². The first-order valence-electron chi connectivity index (χ1n) is 4.95. The molecule has 2 aromatic heterocycles. The molecule has 0 aliphatic heterocycles. The van der Waals surface area contributed by atoms with Crippen LogP contribution in [0.1, 0.15) is 26.5 Å². The van der Waals surface area contributed by atoms with E-state index in [0.717, 1.165) is 11.4 Å². The van der Waals surface area contributed by atoms with E-state index < -0.39 is 0 Å². The van der Waals surface area contributed by atoms with E-state index in [0.29, 0.717) is 5.89 Å². The van der Waals surface area contributed by atoms with E-state index >= 15 is 0 Å². The largest absolute Gasteiger partial charge is 0.443 e. The molecule has 0 saturated heterocycles. The van der Waals surface area contributed by atoms with Crippen LogP contribution in [0.2, 0.25) is 0 Å². The number of aromatic nitrogens is 2. The van der Waals surface area contributed by atoms with Gasteiger partial charge >= 0.3 is 0 Å². The molecule has 3 heteroatoms. The molecule has 0 aliphatic rings. The number of oxazole rings is 1. The number of hydrogen-bond acceptors (Lipinski definition) is 3. The van der Waals surface area contributed by atoms with Crippen molar-refractivity contribution in [1.29, 1.82) is 0 Å². The van der Waals surface area contributed by atoms with Gasteiger partial charge in [0.25, 0.3) is 0 Å². The van der Waals surface area contributed by atoms with Gasteiger partial charge in [-0.15, -0.1) is 0 Å². The van der Waals surface area contributed by atoms with Gasteiger partial charge in [0.15, 0.2) is 0 Å². The quantitative estimate of drug-likeness (QED) is 0.713. The monoisotopic (exact) mass is 202 g/mol. The summed E-state index contributed by atoms with van der Waals surface area (Å²) in [5, 5.41) is 0. The van der Waals surface area contributed by atoms with Crippen molar-refractivity contribution in [2.24, 2.45) is 0 Å². The summed E-state index contributed by atoms with van der Waals surface area (Å²) in [6.07, 6.45) is 3.18. The van der Waals surface area contributed by atoms with Gasteiger partial charge < -0.3 is 4.42 Å². The van der Waals surface area contributed by atoms with Gasteiger partial charge in [-0.05, 0) is 12.1 Å². The molecule has 0 unspecified atom stereocenters. The summed E-state index contributed by atoms with van der Waals surface area (Å²) >= 11 is 0. The molecular weight excluding hydrogens is 188 g/mol. The van der Waals surface area contributed by atoms with Crippen molar-refractivity contribution in [3.8, 4) is 11.6 Å². The van der Waals surface area contributed by atoms with Crippen LogP contribution in [-0.4, -0.2) is 9.97 Å². The lowest BCUT2D eigenvalue weighted by atomic mass is 9.91. The third-order valence-electron chi connectivity index (χ3n) is 2.17. The van der Waals surface area contributed by atoms with E-state index in [1.54, 1.807) is 12.5 Å². The van der Waals surface area contributed by atoms with Crippen molar-refractivity contribution in [2.75, 3.05) is 0 Å². The molecule has 0 aliphatic carbocycles. The van der Waals surface area contributed by atoms with Crippen LogP contribution in [0.15, 0.2) is 35.1 Å². The highest BCUT2D eigenvalue weighted by atomic mass is 16.3. The van der Waals surface area contributed by atoms with Gasteiger partial charge in [0.05, 0.1) is 6.20 Å². The highest BCUT2D eigenvalue weighted by Crippen LogP contribution is 2.22. The summed E-state index contributed by atoms with van der Waals surface area (Å²) in [6, 6.07) is 5.90. The molecule has 0 N–H and O–H groups in total. The van der Waals surface area contributed by atoms with Crippen LogP contribution in [0.4, 0.5) is 0 Å². The number of hydrogen-bond donors (Lipinski definition) is 0. The molecule has 78 valence electrons. The van der Waals surface area contributed by atoms with Crippen LogP contribution in [0.25, 0.3) is 11.6 Å². The Balaban J connectivity index is 2.44. The maximum absolute atomic E-state index is 5.21. The summed E-state index contributed by atoms with van der Waals surface area (Å²) in [7, 11) is 0. The minimum atomic E-state index is 0.0442. The van der Waals surface area contributed by atoms with E-state index in [4.69, 9.17) is 4.42 Å². The van der Waals surface area contributed by atoms with Gasteiger partial charge in [-0.25, -0.2) is 9.97 Å². The summed E-state index contributed by atoms with van der Waals surface area (Å²) < 4.78 is 5.21. The molecule has 2 heterocycles. The maximum atomic E-state index is 5.21. The summed E-state index contributed by atoms with van der Waals surface area (Å²) in [6.45, 7) is 6.40. The Morgan fingerprint density at radius 2 is 2.00 bits per heavy atom. The zero-order valence-electron chi connectivity index (χ0n) is 9.19. The molecule has 0 bridgehead atoms. The van der Waals surface area contributed by atoms with Crippen molar-refractivity contribution in [1.82, 2.24) is 9.97 Å². The zero-order valence-corrected chi connectivity index (χ0v) is 9.19. The normalized spacial score (nSPS) is 11.7. The van der Waals surface area contributed by atoms with Crippen molar-refractivity contribution < 1.29 is 4.42 Å². The lowest BCUT2D eigenvalue weighted by Crippen LogP contribution is -2.13. The Morgan fingerprint density at radius 3 is 2.60 bits per heavy atom. The Bertz CT molecular complexity index is 441. The van der Waals surface area contributed by atoms with Gasteiger partial charge in [-0.3, -0.25) is 0 Å². The predicted octanol–water partition coefficient (Wildman–Crippen LogP) is 3.03. The molecule has 0 atom stereocenters. The van der Waals surface area contributed by atoms with Crippen molar-refractivity contribution >= 4 is 0 Å². The number of nitrogens with zero attached hydrogens (tertiary/aromatic N) is 2. The predicted molar refractivity (Wildman–Crippen MR) is 58.4 cm³/mol. The third kappa shape index (κ3) is 2.06. The molecule has 0 saturated carbocycles. The minimum absolute atomic E-state index is 0.0442. The second-order valence-corrected chi connectivity index (χ2v) is 4.50. The molecule has 0 fully saturated rings. The molecular formula is C12H14N2O. The number of rotatable bonds is 1. The molecule has 2 rings (SSSR count). The minimum Gasteiger partial charge on any atom is -0.443 e. The number of pyridine rings is 1. The highest BCUT2D eigenvalue weighted by molar-refractivity contribution is 5.46. The molecule has 0 amide bonds. The Morgan fingerprint density at radius 1 is 1.20 bits per heavy atom. The van der Waals surface area contributed by atoms with Crippen molar-refractivity contribution in [3.63, 3.8) is 0 Å². The second kappa shape index (κ2) is 3.50. The molecule has 3 nitrogen and oxygen atoms in total. The molecule has 15 heavy (non-hydrogen) atoms. The van der Waals surface area contributed by atoms with Crippen molar-refractivity contribution in [2.45, 2.75) is 26.2 Å². The van der Waals surface area contributed by atoms with E-state index in [-0.39, 0.29) is 5.41 Å². The maximum Gasteiger partial charge on any atom is 0.244 e. The standard InChI is InChI=1S/C12H14N2O/c1-12(2,3)10-6-4-5-9(14-10)11-13-7-8-15-11/h4-8H,1-3H3. The first-order chi connectivity index (χ1) is 7.07. The average Bonchev–Trinajstić information content (AvgIpc) is 2.69. The van der Waals surface area contributed by atoms with Gasteiger partial charge in [0.2, 0.25) is 5.89 Å². The fourth-order valence-electron chi connectivity index (χ4n) is 1.32. The fourth-order valence-corrected chi connectivity index (χ4v) is 1.32. The van der Waals surface area contributed by atoms with E-state index in [1.807, 2.05) is 18.2 Å². The van der Waals surface area contributed by atoms with Crippen LogP contribution in [0, 0.1) is 0 Å². The van der Waals surface area contributed by atoms with Gasteiger partial charge in [0.1, 0.15) is 12.0 Å². The fraction of sp³-hybridized carbons (Fsp3) is 0.333. The average molecular weight is 202 g/mol. The zero-order chi connectivity index (χ0) is 10.9. The van der Waals surface area contributed by atoms with Crippen LogP contribution >= 0.6 is 0 Å². The first-order valence-corrected chi connectivity index (χ1v) is 4.95. The lowest BCUT2D eigenvalue weighted by Gasteiger charge is -2.17. The first kappa shape index (κ1) is 9.90. The van der Waals surface area contributed by atoms with Crippen LogP contribution in [0.5, 0.6) is 0 Å². The van der Waals surface area contributed by atoms with Crippen LogP contribution in [-0.2, 0) is 5.41 Å². The Hall–Kier alpha value is -1.64. The van der Waals surface area contributed by atoms with Gasteiger partial charge in [-0.2, -0.15) is 0 Å². The van der Waals surface area contributed by atoms with Gasteiger partial charge in [-0.1, -0.05) is 26.8 Å². The topological polar surface area (TPSA) is 38.9 Å². The lowest BCUT2D eigenvalue weighted by molar-refractivity contribution is 0.557. The molecule has 2 aromatic rings. The molecule has 0 radical (unpaired) electrons. The smallest absolute Gasteiger partial charge is 0.244 e. The summed E-state index contributed by atoms with van der Waals surface area (Å²) in [5.41, 5.74) is 1.87. The Kier molecular flexibility index (Phi) is 2.31. The van der Waals surface area contributed by atoms with Gasteiger partial charge in [0, 0.05) is 11.1 Å².